The Labute approximate surface area is 83.9 Å². The first kappa shape index (κ1) is 9.68. The minimum atomic E-state index is -0.0794. The maximum absolute atomic E-state index is 11.4. The van der Waals surface area contributed by atoms with E-state index in [2.05, 4.69) is 11.9 Å². The fourth-order valence-corrected chi connectivity index (χ4v) is 2.11. The molecule has 0 radical (unpaired) electrons. The van der Waals surface area contributed by atoms with Gasteiger partial charge in [0.25, 0.3) is 0 Å². The summed E-state index contributed by atoms with van der Waals surface area (Å²) < 4.78 is 5.73. The molecule has 0 aromatic carbocycles. The van der Waals surface area contributed by atoms with E-state index in [-0.39, 0.29) is 11.5 Å². The molecule has 0 aliphatic carbocycles. The first-order valence-electron chi connectivity index (χ1n) is 5.02. The molecule has 2 aliphatic rings. The van der Waals surface area contributed by atoms with E-state index in [1.165, 1.54) is 6.08 Å². The summed E-state index contributed by atoms with van der Waals surface area (Å²) in [5, 5.41) is 3.29. The van der Waals surface area contributed by atoms with Gasteiger partial charge in [0, 0.05) is 0 Å². The topological polar surface area (TPSA) is 41.6 Å². The van der Waals surface area contributed by atoms with Gasteiger partial charge in [-0.3, -0.25) is 4.79 Å². The van der Waals surface area contributed by atoms with Crippen LogP contribution < -0.4 is 5.32 Å². The largest absolute Gasteiger partial charge is 0.353 e. The van der Waals surface area contributed by atoms with Crippen LogP contribution in [0.5, 0.6) is 0 Å². The van der Waals surface area contributed by atoms with E-state index in [4.69, 9.17) is 4.74 Å². The highest BCUT2D eigenvalue weighted by molar-refractivity contribution is 5.87. The zero-order valence-electron chi connectivity index (χ0n) is 8.29. The van der Waals surface area contributed by atoms with Gasteiger partial charge in [0.15, 0.2) is 0 Å². The molecule has 0 saturated carbocycles. The fraction of sp³-hybridized carbons (Fsp3) is 0.700. The molecule has 14 heavy (non-hydrogen) atoms. The third-order valence-corrected chi connectivity index (χ3v) is 3.01. The average Bonchev–Trinajstić information content (AvgIpc) is 2.62. The summed E-state index contributed by atoms with van der Waals surface area (Å²) in [6.45, 7) is 6.59. The lowest BCUT2D eigenvalue weighted by Crippen LogP contribution is -2.45. The Morgan fingerprint density at radius 1 is 1.50 bits per heavy atom. The zero-order chi connectivity index (χ0) is 10.0. The van der Waals surface area contributed by atoms with Crippen molar-refractivity contribution in [2.45, 2.75) is 18.4 Å². The lowest BCUT2D eigenvalue weighted by Gasteiger charge is -2.32. The number of nitrogens with zero attached hydrogens (tertiary/aromatic N) is 1. The molecule has 2 heterocycles. The van der Waals surface area contributed by atoms with Crippen LogP contribution in [0.4, 0.5) is 0 Å². The van der Waals surface area contributed by atoms with Crippen LogP contribution in [0.15, 0.2) is 12.7 Å². The molecule has 4 heteroatoms. The summed E-state index contributed by atoms with van der Waals surface area (Å²) in [6, 6.07) is 0. The molecule has 2 fully saturated rings. The molecule has 2 saturated heterocycles. The minimum absolute atomic E-state index is 0.0274. The van der Waals surface area contributed by atoms with Crippen LogP contribution in [-0.2, 0) is 9.53 Å². The summed E-state index contributed by atoms with van der Waals surface area (Å²) >= 11 is 0. The summed E-state index contributed by atoms with van der Waals surface area (Å²) in [4.78, 5) is 13.1. The molecule has 0 aromatic rings. The predicted octanol–water partition coefficient (Wildman–Crippen LogP) is 0.111. The Morgan fingerprint density at radius 2 is 2.21 bits per heavy atom. The van der Waals surface area contributed by atoms with Gasteiger partial charge in [0.2, 0.25) is 5.91 Å². The van der Waals surface area contributed by atoms with Crippen molar-refractivity contribution in [3.8, 4) is 0 Å². The smallest absolute Gasteiger partial charge is 0.247 e. The number of amides is 1. The molecular weight excluding hydrogens is 180 g/mol. The van der Waals surface area contributed by atoms with Crippen molar-refractivity contribution in [2.75, 3.05) is 26.4 Å². The van der Waals surface area contributed by atoms with Gasteiger partial charge >= 0.3 is 0 Å². The third-order valence-electron chi connectivity index (χ3n) is 3.01. The molecular formula is C10H16N2O2. The lowest BCUT2D eigenvalue weighted by molar-refractivity contribution is -0.126. The molecule has 0 aromatic heterocycles. The quantitative estimate of drug-likeness (QED) is 0.605. The Kier molecular flexibility index (Phi) is 2.56. The number of rotatable bonds is 1. The Morgan fingerprint density at radius 3 is 2.86 bits per heavy atom. The van der Waals surface area contributed by atoms with Gasteiger partial charge in [0.05, 0.1) is 12.1 Å². The molecule has 2 aliphatic heterocycles. The molecule has 0 unspecified atom stereocenters. The summed E-state index contributed by atoms with van der Waals surface area (Å²) in [6.07, 6.45) is 3.34. The molecule has 2 rings (SSSR count). The van der Waals surface area contributed by atoms with E-state index < -0.39 is 0 Å². The molecule has 0 bridgehead atoms. The first-order valence-corrected chi connectivity index (χ1v) is 5.02. The molecule has 1 amide bonds. The van der Waals surface area contributed by atoms with E-state index in [1.807, 2.05) is 0 Å². The molecule has 4 nitrogen and oxygen atoms in total. The number of carbonyl (C=O) groups is 1. The Hall–Kier alpha value is -0.870. The summed E-state index contributed by atoms with van der Waals surface area (Å²) in [5.41, 5.74) is -0.0794. The van der Waals surface area contributed by atoms with Crippen LogP contribution in [-0.4, -0.2) is 42.8 Å². The fourth-order valence-electron chi connectivity index (χ4n) is 2.11. The van der Waals surface area contributed by atoms with E-state index in [9.17, 15) is 4.79 Å². The van der Waals surface area contributed by atoms with Crippen LogP contribution in [0, 0.1) is 0 Å². The Balaban J connectivity index is 1.98. The number of hydrogen-bond donors (Lipinski definition) is 1. The van der Waals surface area contributed by atoms with Crippen molar-refractivity contribution in [2.24, 2.45) is 0 Å². The average molecular weight is 196 g/mol. The van der Waals surface area contributed by atoms with Gasteiger partial charge < -0.3 is 15.0 Å². The predicted molar refractivity (Wildman–Crippen MR) is 52.7 cm³/mol. The molecule has 0 atom stereocenters. The summed E-state index contributed by atoms with van der Waals surface area (Å²) in [5.74, 6) is -0.0274. The number of nitrogens with one attached hydrogen (secondary N) is 1. The highest BCUT2D eigenvalue weighted by Gasteiger charge is 2.41. The van der Waals surface area contributed by atoms with Crippen LogP contribution in [0.3, 0.4) is 0 Å². The maximum Gasteiger partial charge on any atom is 0.247 e. The van der Waals surface area contributed by atoms with E-state index in [0.717, 1.165) is 32.5 Å². The molecule has 1 spiro atoms. The third kappa shape index (κ3) is 1.67. The van der Waals surface area contributed by atoms with Crippen LogP contribution in [0.1, 0.15) is 12.8 Å². The monoisotopic (exact) mass is 196 g/mol. The van der Waals surface area contributed by atoms with Gasteiger partial charge in [-0.05, 0) is 32.0 Å². The van der Waals surface area contributed by atoms with Crippen molar-refractivity contribution < 1.29 is 9.53 Å². The van der Waals surface area contributed by atoms with Crippen molar-refractivity contribution in [3.63, 3.8) is 0 Å². The van der Waals surface area contributed by atoms with Gasteiger partial charge in [0.1, 0.15) is 6.73 Å². The Bertz CT molecular complexity index is 247. The number of piperidine rings is 1. The second kappa shape index (κ2) is 3.71. The summed E-state index contributed by atoms with van der Waals surface area (Å²) in [7, 11) is 0. The van der Waals surface area contributed by atoms with Crippen molar-refractivity contribution in [1.82, 2.24) is 10.2 Å². The second-order valence-corrected chi connectivity index (χ2v) is 3.95. The highest BCUT2D eigenvalue weighted by atomic mass is 16.5. The maximum atomic E-state index is 11.4. The van der Waals surface area contributed by atoms with Gasteiger partial charge in [-0.1, -0.05) is 6.58 Å². The normalized spacial score (nSPS) is 25.3. The van der Waals surface area contributed by atoms with Crippen LogP contribution in [0.2, 0.25) is 0 Å². The van der Waals surface area contributed by atoms with Crippen LogP contribution in [0.25, 0.3) is 0 Å². The lowest BCUT2D eigenvalue weighted by atomic mass is 9.92. The molecule has 1 N–H and O–H groups in total. The second-order valence-electron chi connectivity index (χ2n) is 3.95. The highest BCUT2D eigenvalue weighted by Crippen LogP contribution is 2.29. The van der Waals surface area contributed by atoms with Gasteiger partial charge in [-0.2, -0.15) is 0 Å². The first-order chi connectivity index (χ1) is 6.76. The van der Waals surface area contributed by atoms with E-state index in [0.29, 0.717) is 6.73 Å². The van der Waals surface area contributed by atoms with E-state index >= 15 is 0 Å². The van der Waals surface area contributed by atoms with Crippen molar-refractivity contribution in [1.29, 1.82) is 0 Å². The number of carbonyl (C=O) groups excluding carboxylic acids is 1. The number of ether oxygens (including phenoxy) is 1. The zero-order valence-corrected chi connectivity index (χ0v) is 8.29. The van der Waals surface area contributed by atoms with Gasteiger partial charge in [-0.25, -0.2) is 0 Å². The molecule has 78 valence electrons. The van der Waals surface area contributed by atoms with Crippen molar-refractivity contribution >= 4 is 5.91 Å². The van der Waals surface area contributed by atoms with Gasteiger partial charge in [-0.15, -0.1) is 0 Å². The van der Waals surface area contributed by atoms with Crippen LogP contribution >= 0.6 is 0 Å². The SMILES string of the molecule is C=CC(=O)N1COC2(CCNCC2)C1. The van der Waals surface area contributed by atoms with E-state index in [1.54, 1.807) is 4.90 Å². The number of hydrogen-bond acceptors (Lipinski definition) is 3. The minimum Gasteiger partial charge on any atom is -0.353 e. The van der Waals surface area contributed by atoms with Crippen molar-refractivity contribution in [3.05, 3.63) is 12.7 Å². The standard InChI is InChI=1S/C10H16N2O2/c1-2-9(13)12-7-10(14-8-12)3-5-11-6-4-10/h2,11H,1,3-8H2.